The summed E-state index contributed by atoms with van der Waals surface area (Å²) in [6.07, 6.45) is 1.73. The molecule has 1 aromatic heterocycles. The fraction of sp³-hybridized carbons (Fsp3) is 0. The molecule has 0 radical (unpaired) electrons. The molecule has 4 nitrogen and oxygen atoms in total. The number of benzene rings is 2. The first kappa shape index (κ1) is 13.4. The van der Waals surface area contributed by atoms with Crippen molar-refractivity contribution in [2.75, 3.05) is 4.90 Å². The lowest BCUT2D eigenvalue weighted by molar-refractivity contribution is 0.0926. The maximum absolute atomic E-state index is 12.5. The Morgan fingerprint density at radius 1 is 0.696 bits per heavy atom. The van der Waals surface area contributed by atoms with E-state index in [1.165, 1.54) is 4.90 Å². The molecular formula is C19H12N2O2. The molecule has 0 atom stereocenters. The molecule has 0 bridgehead atoms. The maximum atomic E-state index is 12.5. The van der Waals surface area contributed by atoms with E-state index >= 15 is 0 Å². The van der Waals surface area contributed by atoms with Crippen LogP contribution in [-0.4, -0.2) is 16.8 Å². The first-order valence-corrected chi connectivity index (χ1v) is 7.25. The van der Waals surface area contributed by atoms with Crippen molar-refractivity contribution in [2.45, 2.75) is 0 Å². The molecule has 4 heteroatoms. The fourth-order valence-corrected chi connectivity index (χ4v) is 2.74. The van der Waals surface area contributed by atoms with Gasteiger partial charge < -0.3 is 0 Å². The first-order chi connectivity index (χ1) is 11.3. The van der Waals surface area contributed by atoms with Gasteiger partial charge in [-0.15, -0.1) is 0 Å². The molecule has 0 unspecified atom stereocenters. The van der Waals surface area contributed by atoms with E-state index in [0.717, 1.165) is 11.3 Å². The lowest BCUT2D eigenvalue weighted by atomic mass is 10.1. The van der Waals surface area contributed by atoms with Gasteiger partial charge in [0.2, 0.25) is 0 Å². The highest BCUT2D eigenvalue weighted by Gasteiger charge is 2.36. The fourth-order valence-electron chi connectivity index (χ4n) is 2.74. The molecule has 3 aromatic rings. The highest BCUT2D eigenvalue weighted by Crippen LogP contribution is 2.29. The molecule has 0 fully saturated rings. The standard InChI is InChI=1S/C19H12N2O2/c22-18-15-5-1-2-6-16(15)19(23)21(18)14-10-8-13(9-11-14)17-7-3-4-12-20-17/h1-12H. The van der Waals surface area contributed by atoms with Gasteiger partial charge in [-0.05, 0) is 36.4 Å². The van der Waals surface area contributed by atoms with Gasteiger partial charge in [-0.25, -0.2) is 4.90 Å². The highest BCUT2D eigenvalue weighted by atomic mass is 16.2. The van der Waals surface area contributed by atoms with Crippen LogP contribution in [0.3, 0.4) is 0 Å². The molecular weight excluding hydrogens is 288 g/mol. The van der Waals surface area contributed by atoms with E-state index in [0.29, 0.717) is 16.8 Å². The molecule has 0 spiro atoms. The number of aromatic nitrogens is 1. The number of imide groups is 1. The Labute approximate surface area is 133 Å². The van der Waals surface area contributed by atoms with Crippen LogP contribution in [0.25, 0.3) is 11.3 Å². The molecule has 4 rings (SSSR count). The summed E-state index contributed by atoms with van der Waals surface area (Å²) in [6.45, 7) is 0. The van der Waals surface area contributed by atoms with Crippen LogP contribution in [0, 0.1) is 0 Å². The SMILES string of the molecule is O=C1c2ccccc2C(=O)N1c1ccc(-c2ccccn2)cc1. The number of carbonyl (C=O) groups is 2. The topological polar surface area (TPSA) is 50.3 Å². The molecule has 0 saturated heterocycles. The summed E-state index contributed by atoms with van der Waals surface area (Å²) in [6, 6.07) is 19.8. The van der Waals surface area contributed by atoms with Gasteiger partial charge in [0.05, 0.1) is 22.5 Å². The van der Waals surface area contributed by atoms with Crippen molar-refractivity contribution in [1.82, 2.24) is 4.98 Å². The highest BCUT2D eigenvalue weighted by molar-refractivity contribution is 6.34. The average Bonchev–Trinajstić information content (AvgIpc) is 2.87. The molecule has 2 amide bonds. The number of pyridine rings is 1. The summed E-state index contributed by atoms with van der Waals surface area (Å²) in [5.74, 6) is -0.563. The second kappa shape index (κ2) is 5.18. The Kier molecular flexibility index (Phi) is 3.01. The molecule has 0 aliphatic carbocycles. The number of hydrogen-bond donors (Lipinski definition) is 0. The molecule has 0 N–H and O–H groups in total. The zero-order chi connectivity index (χ0) is 15.8. The van der Waals surface area contributed by atoms with Crippen LogP contribution < -0.4 is 4.90 Å². The Morgan fingerprint density at radius 2 is 1.30 bits per heavy atom. The van der Waals surface area contributed by atoms with Crippen LogP contribution in [0.2, 0.25) is 0 Å². The van der Waals surface area contributed by atoms with Crippen molar-refractivity contribution >= 4 is 17.5 Å². The van der Waals surface area contributed by atoms with E-state index in [1.54, 1.807) is 42.6 Å². The summed E-state index contributed by atoms with van der Waals surface area (Å²) in [5.41, 5.74) is 3.25. The lowest BCUT2D eigenvalue weighted by Gasteiger charge is -2.14. The van der Waals surface area contributed by atoms with Crippen molar-refractivity contribution in [3.8, 4) is 11.3 Å². The number of amides is 2. The third-order valence-corrected chi connectivity index (χ3v) is 3.88. The van der Waals surface area contributed by atoms with Crippen LogP contribution in [0.5, 0.6) is 0 Å². The zero-order valence-corrected chi connectivity index (χ0v) is 12.1. The van der Waals surface area contributed by atoms with Gasteiger partial charge in [0.1, 0.15) is 0 Å². The third-order valence-electron chi connectivity index (χ3n) is 3.88. The summed E-state index contributed by atoms with van der Waals surface area (Å²) in [4.78, 5) is 30.4. The molecule has 1 aliphatic rings. The Balaban J connectivity index is 1.70. The van der Waals surface area contributed by atoms with Gasteiger partial charge in [0.25, 0.3) is 11.8 Å². The van der Waals surface area contributed by atoms with Crippen LogP contribution in [0.15, 0.2) is 72.9 Å². The molecule has 2 aromatic carbocycles. The first-order valence-electron chi connectivity index (χ1n) is 7.25. The van der Waals surface area contributed by atoms with Gasteiger partial charge in [-0.2, -0.15) is 0 Å². The van der Waals surface area contributed by atoms with Crippen LogP contribution in [0.4, 0.5) is 5.69 Å². The van der Waals surface area contributed by atoms with Gasteiger partial charge in [-0.1, -0.05) is 30.3 Å². The minimum absolute atomic E-state index is 0.281. The minimum Gasteiger partial charge on any atom is -0.268 e. The van der Waals surface area contributed by atoms with Gasteiger partial charge in [-0.3, -0.25) is 14.6 Å². The van der Waals surface area contributed by atoms with Gasteiger partial charge in [0.15, 0.2) is 0 Å². The summed E-state index contributed by atoms with van der Waals surface area (Å²) in [7, 11) is 0. The van der Waals surface area contributed by atoms with Gasteiger partial charge >= 0.3 is 0 Å². The van der Waals surface area contributed by atoms with E-state index in [4.69, 9.17) is 0 Å². The smallest absolute Gasteiger partial charge is 0.266 e. The second-order valence-corrected chi connectivity index (χ2v) is 5.25. The Hall–Kier alpha value is -3.27. The number of fused-ring (bicyclic) bond motifs is 1. The van der Waals surface area contributed by atoms with Crippen LogP contribution in [0.1, 0.15) is 20.7 Å². The molecule has 2 heterocycles. The van der Waals surface area contributed by atoms with Crippen LogP contribution >= 0.6 is 0 Å². The van der Waals surface area contributed by atoms with E-state index in [1.807, 2.05) is 30.3 Å². The molecule has 0 saturated carbocycles. The number of anilines is 1. The number of rotatable bonds is 2. The van der Waals surface area contributed by atoms with Crippen molar-refractivity contribution in [1.29, 1.82) is 0 Å². The lowest BCUT2D eigenvalue weighted by Crippen LogP contribution is -2.29. The maximum Gasteiger partial charge on any atom is 0.266 e. The second-order valence-electron chi connectivity index (χ2n) is 5.25. The van der Waals surface area contributed by atoms with Gasteiger partial charge in [0, 0.05) is 11.8 Å². The van der Waals surface area contributed by atoms with Crippen LogP contribution in [-0.2, 0) is 0 Å². The summed E-state index contributed by atoms with van der Waals surface area (Å²) >= 11 is 0. The number of hydrogen-bond acceptors (Lipinski definition) is 3. The number of nitrogens with zero attached hydrogens (tertiary/aromatic N) is 2. The summed E-state index contributed by atoms with van der Waals surface area (Å²) in [5, 5.41) is 0. The van der Waals surface area contributed by atoms with E-state index in [2.05, 4.69) is 4.98 Å². The van der Waals surface area contributed by atoms with Crippen molar-refractivity contribution in [3.63, 3.8) is 0 Å². The Morgan fingerprint density at radius 3 is 1.87 bits per heavy atom. The zero-order valence-electron chi connectivity index (χ0n) is 12.1. The predicted molar refractivity (Wildman–Crippen MR) is 87.3 cm³/mol. The van der Waals surface area contributed by atoms with E-state index in [9.17, 15) is 9.59 Å². The normalized spacial score (nSPS) is 13.3. The third kappa shape index (κ3) is 2.12. The van der Waals surface area contributed by atoms with Crippen molar-refractivity contribution in [3.05, 3.63) is 84.1 Å². The number of carbonyl (C=O) groups excluding carboxylic acids is 2. The van der Waals surface area contributed by atoms with E-state index in [-0.39, 0.29) is 11.8 Å². The molecule has 23 heavy (non-hydrogen) atoms. The van der Waals surface area contributed by atoms with Crippen molar-refractivity contribution < 1.29 is 9.59 Å². The average molecular weight is 300 g/mol. The quantitative estimate of drug-likeness (QED) is 0.680. The monoisotopic (exact) mass is 300 g/mol. The van der Waals surface area contributed by atoms with E-state index < -0.39 is 0 Å². The minimum atomic E-state index is -0.281. The summed E-state index contributed by atoms with van der Waals surface area (Å²) < 4.78 is 0. The Bertz CT molecular complexity index is 867. The predicted octanol–water partition coefficient (Wildman–Crippen LogP) is 3.55. The molecule has 110 valence electrons. The largest absolute Gasteiger partial charge is 0.268 e. The van der Waals surface area contributed by atoms with Crippen molar-refractivity contribution in [2.24, 2.45) is 0 Å². The molecule has 1 aliphatic heterocycles.